The Kier molecular flexibility index (Phi) is 4.94. The van der Waals surface area contributed by atoms with E-state index in [1.54, 1.807) is 14.2 Å². The molecule has 2 aromatic rings. The molecule has 4 rings (SSSR count). The minimum atomic E-state index is -0.237. The summed E-state index contributed by atoms with van der Waals surface area (Å²) in [6.07, 6.45) is 1.39. The molecule has 2 aliphatic rings. The Hall–Kier alpha value is -3.02. The standard InChI is InChI=1S/C22H24N2O4/c1-27-19-10-14-8-9-24(13-15(14)11-20(19)28-2)22(26)18-12-17(18)21(25)23-16-6-4-3-5-7-16/h3-7,10-11,17-18H,8-9,12-13H2,1-2H3,(H,23,25). The molecule has 6 nitrogen and oxygen atoms in total. The van der Waals surface area contributed by atoms with Crippen LogP contribution in [0.3, 0.4) is 0 Å². The van der Waals surface area contributed by atoms with Gasteiger partial charge in [-0.3, -0.25) is 9.59 Å². The number of carbonyl (C=O) groups excluding carboxylic acids is 2. The van der Waals surface area contributed by atoms with Crippen LogP contribution in [0.25, 0.3) is 0 Å². The molecule has 1 N–H and O–H groups in total. The van der Waals surface area contributed by atoms with Crippen LogP contribution >= 0.6 is 0 Å². The number of nitrogens with zero attached hydrogens (tertiary/aromatic N) is 1. The van der Waals surface area contributed by atoms with Gasteiger partial charge >= 0.3 is 0 Å². The Morgan fingerprint density at radius 2 is 1.68 bits per heavy atom. The minimum absolute atomic E-state index is 0.0636. The maximum Gasteiger partial charge on any atom is 0.228 e. The molecule has 2 atom stereocenters. The zero-order chi connectivity index (χ0) is 19.7. The van der Waals surface area contributed by atoms with Crippen molar-refractivity contribution < 1.29 is 19.1 Å². The molecular formula is C22H24N2O4. The largest absolute Gasteiger partial charge is 0.493 e. The third kappa shape index (κ3) is 3.54. The van der Waals surface area contributed by atoms with E-state index >= 15 is 0 Å². The molecule has 1 aliphatic heterocycles. The van der Waals surface area contributed by atoms with Crippen molar-refractivity contribution in [2.75, 3.05) is 26.1 Å². The molecule has 0 spiro atoms. The molecule has 0 saturated heterocycles. The molecule has 1 heterocycles. The second-order valence-corrected chi connectivity index (χ2v) is 7.29. The van der Waals surface area contributed by atoms with Crippen LogP contribution < -0.4 is 14.8 Å². The normalized spacial score (nSPS) is 20.1. The first-order chi connectivity index (χ1) is 13.6. The van der Waals surface area contributed by atoms with Gasteiger partial charge in [-0.1, -0.05) is 18.2 Å². The summed E-state index contributed by atoms with van der Waals surface area (Å²) in [6, 6.07) is 13.3. The van der Waals surface area contributed by atoms with Crippen LogP contribution in [-0.4, -0.2) is 37.5 Å². The molecule has 0 radical (unpaired) electrons. The van der Waals surface area contributed by atoms with Crippen molar-refractivity contribution in [1.29, 1.82) is 0 Å². The van der Waals surface area contributed by atoms with Gasteiger partial charge in [0.25, 0.3) is 0 Å². The number of benzene rings is 2. The molecule has 146 valence electrons. The monoisotopic (exact) mass is 380 g/mol. The number of carbonyl (C=O) groups is 2. The summed E-state index contributed by atoms with van der Waals surface area (Å²) < 4.78 is 10.7. The summed E-state index contributed by atoms with van der Waals surface area (Å²) in [5, 5.41) is 2.89. The summed E-state index contributed by atoms with van der Waals surface area (Å²) in [4.78, 5) is 27.2. The van der Waals surface area contributed by atoms with E-state index in [2.05, 4.69) is 5.32 Å². The first-order valence-electron chi connectivity index (χ1n) is 9.49. The van der Waals surface area contributed by atoms with Crippen LogP contribution in [0.1, 0.15) is 17.5 Å². The molecule has 0 aromatic heterocycles. The third-order valence-electron chi connectivity index (χ3n) is 5.52. The topological polar surface area (TPSA) is 67.9 Å². The second kappa shape index (κ2) is 7.54. The highest BCUT2D eigenvalue weighted by Crippen LogP contribution is 2.42. The van der Waals surface area contributed by atoms with Crippen LogP contribution in [0.15, 0.2) is 42.5 Å². The highest BCUT2D eigenvalue weighted by molar-refractivity contribution is 5.99. The molecular weight excluding hydrogens is 356 g/mol. The van der Waals surface area contributed by atoms with Gasteiger partial charge < -0.3 is 19.7 Å². The number of anilines is 1. The SMILES string of the molecule is COc1cc2c(cc1OC)CN(C(=O)C1CC1C(=O)Nc1ccccc1)CC2. The van der Waals surface area contributed by atoms with Crippen LogP contribution in [0.2, 0.25) is 0 Å². The number of rotatable bonds is 5. The molecule has 0 bridgehead atoms. The van der Waals surface area contributed by atoms with E-state index in [9.17, 15) is 9.59 Å². The van der Waals surface area contributed by atoms with Crippen molar-refractivity contribution in [1.82, 2.24) is 4.90 Å². The summed E-state index contributed by atoms with van der Waals surface area (Å²) >= 11 is 0. The molecule has 2 amide bonds. The van der Waals surface area contributed by atoms with Crippen LogP contribution in [-0.2, 0) is 22.6 Å². The average molecular weight is 380 g/mol. The number of ether oxygens (including phenoxy) is 2. The molecule has 2 unspecified atom stereocenters. The average Bonchev–Trinajstić information content (AvgIpc) is 3.53. The fourth-order valence-electron chi connectivity index (χ4n) is 3.82. The molecule has 6 heteroatoms. The Balaban J connectivity index is 1.40. The van der Waals surface area contributed by atoms with Crippen molar-refractivity contribution in [3.63, 3.8) is 0 Å². The molecule has 1 aliphatic carbocycles. The smallest absolute Gasteiger partial charge is 0.228 e. The number of hydrogen-bond acceptors (Lipinski definition) is 4. The lowest BCUT2D eigenvalue weighted by Gasteiger charge is -2.30. The summed E-state index contributed by atoms with van der Waals surface area (Å²) in [5.41, 5.74) is 3.01. The summed E-state index contributed by atoms with van der Waals surface area (Å²) in [6.45, 7) is 1.20. The van der Waals surface area contributed by atoms with Gasteiger partial charge in [0.05, 0.1) is 26.1 Å². The van der Waals surface area contributed by atoms with Gasteiger partial charge in [0.1, 0.15) is 0 Å². The van der Waals surface area contributed by atoms with Crippen molar-refractivity contribution in [3.8, 4) is 11.5 Å². The Labute approximate surface area is 164 Å². The predicted molar refractivity (Wildman–Crippen MR) is 105 cm³/mol. The zero-order valence-corrected chi connectivity index (χ0v) is 16.1. The first-order valence-corrected chi connectivity index (χ1v) is 9.49. The van der Waals surface area contributed by atoms with Gasteiger partial charge in [-0.25, -0.2) is 0 Å². The van der Waals surface area contributed by atoms with E-state index in [4.69, 9.17) is 9.47 Å². The molecule has 1 saturated carbocycles. The van der Waals surface area contributed by atoms with Crippen molar-refractivity contribution in [2.24, 2.45) is 11.8 Å². The van der Waals surface area contributed by atoms with Gasteiger partial charge in [0, 0.05) is 18.8 Å². The first kappa shape index (κ1) is 18.3. The highest BCUT2D eigenvalue weighted by Gasteiger charge is 2.49. The maximum atomic E-state index is 12.9. The van der Waals surface area contributed by atoms with E-state index < -0.39 is 0 Å². The Morgan fingerprint density at radius 3 is 2.36 bits per heavy atom. The summed E-state index contributed by atoms with van der Waals surface area (Å²) in [5.74, 6) is 0.912. The molecule has 28 heavy (non-hydrogen) atoms. The number of methoxy groups -OCH3 is 2. The lowest BCUT2D eigenvalue weighted by Crippen LogP contribution is -2.37. The quantitative estimate of drug-likeness (QED) is 0.866. The summed E-state index contributed by atoms with van der Waals surface area (Å²) in [7, 11) is 3.23. The second-order valence-electron chi connectivity index (χ2n) is 7.29. The van der Waals surface area contributed by atoms with Gasteiger partial charge in [-0.15, -0.1) is 0 Å². The van der Waals surface area contributed by atoms with E-state index in [1.165, 1.54) is 5.56 Å². The van der Waals surface area contributed by atoms with Crippen molar-refractivity contribution >= 4 is 17.5 Å². The Bertz CT molecular complexity index is 897. The number of fused-ring (bicyclic) bond motifs is 1. The van der Waals surface area contributed by atoms with E-state index in [0.29, 0.717) is 31.0 Å². The van der Waals surface area contributed by atoms with Gasteiger partial charge in [-0.2, -0.15) is 0 Å². The number of hydrogen-bond donors (Lipinski definition) is 1. The van der Waals surface area contributed by atoms with E-state index in [-0.39, 0.29) is 23.7 Å². The predicted octanol–water partition coefficient (Wildman–Crippen LogP) is 2.86. The van der Waals surface area contributed by atoms with Crippen molar-refractivity contribution in [2.45, 2.75) is 19.4 Å². The highest BCUT2D eigenvalue weighted by atomic mass is 16.5. The number of nitrogens with one attached hydrogen (secondary N) is 1. The fraction of sp³-hybridized carbons (Fsp3) is 0.364. The molecule has 1 fully saturated rings. The number of para-hydroxylation sites is 1. The number of amides is 2. The minimum Gasteiger partial charge on any atom is -0.493 e. The zero-order valence-electron chi connectivity index (χ0n) is 16.1. The van der Waals surface area contributed by atoms with Crippen LogP contribution in [0, 0.1) is 11.8 Å². The maximum absolute atomic E-state index is 12.9. The molecule has 2 aromatic carbocycles. The van der Waals surface area contributed by atoms with E-state index in [1.807, 2.05) is 47.4 Å². The van der Waals surface area contributed by atoms with Crippen LogP contribution in [0.4, 0.5) is 5.69 Å². The van der Waals surface area contributed by atoms with Gasteiger partial charge in [0.2, 0.25) is 11.8 Å². The van der Waals surface area contributed by atoms with Gasteiger partial charge in [0.15, 0.2) is 11.5 Å². The Morgan fingerprint density at radius 1 is 1.00 bits per heavy atom. The lowest BCUT2D eigenvalue weighted by atomic mass is 9.98. The van der Waals surface area contributed by atoms with Gasteiger partial charge in [-0.05, 0) is 48.2 Å². The fourth-order valence-corrected chi connectivity index (χ4v) is 3.82. The van der Waals surface area contributed by atoms with Crippen LogP contribution in [0.5, 0.6) is 11.5 Å². The van der Waals surface area contributed by atoms with E-state index in [0.717, 1.165) is 17.7 Å². The van der Waals surface area contributed by atoms with Crippen molar-refractivity contribution in [3.05, 3.63) is 53.6 Å². The third-order valence-corrected chi connectivity index (χ3v) is 5.52. The lowest BCUT2D eigenvalue weighted by molar-refractivity contribution is -0.135.